The Balaban J connectivity index is 2.02. The van der Waals surface area contributed by atoms with Crippen LogP contribution in [0.5, 0.6) is 5.75 Å². The molecule has 2 rings (SSSR count). The van der Waals surface area contributed by atoms with E-state index >= 15 is 0 Å². The fourth-order valence-corrected chi connectivity index (χ4v) is 2.60. The molecule has 0 bridgehead atoms. The van der Waals surface area contributed by atoms with Crippen LogP contribution >= 0.6 is 34.8 Å². The number of ether oxygens (including phenoxy) is 1. The molecule has 0 heterocycles. The fourth-order valence-electron chi connectivity index (χ4n) is 1.86. The molecule has 0 atom stereocenters. The largest absolute Gasteiger partial charge is 0.487 e. The number of benzene rings is 2. The summed E-state index contributed by atoms with van der Waals surface area (Å²) in [5.41, 5.74) is 2.16. The molecular weight excluding hydrogens is 435 g/mol. The average Bonchev–Trinajstić information content (AvgIpc) is 2.53. The predicted octanol–water partition coefficient (Wildman–Crippen LogP) is 4.37. The van der Waals surface area contributed by atoms with Gasteiger partial charge in [0.1, 0.15) is 12.4 Å². The molecule has 6 heteroatoms. The van der Waals surface area contributed by atoms with Crippen molar-refractivity contribution < 1.29 is 9.53 Å². The van der Waals surface area contributed by atoms with Crippen molar-refractivity contribution in [3.8, 4) is 5.75 Å². The van der Waals surface area contributed by atoms with E-state index in [1.54, 1.807) is 12.1 Å². The zero-order chi connectivity index (χ0) is 17.5. The van der Waals surface area contributed by atoms with Gasteiger partial charge in [0.05, 0.1) is 5.69 Å². The highest BCUT2D eigenvalue weighted by Gasteiger charge is 2.10. The maximum Gasteiger partial charge on any atom is 0.257 e. The summed E-state index contributed by atoms with van der Waals surface area (Å²) in [6, 6.07) is 14.7. The lowest BCUT2D eigenvalue weighted by Crippen LogP contribution is -2.34. The topological polar surface area (TPSA) is 50.4 Å². The highest BCUT2D eigenvalue weighted by molar-refractivity contribution is 14.1. The van der Waals surface area contributed by atoms with E-state index in [1.165, 1.54) is 0 Å². The van der Waals surface area contributed by atoms with Crippen LogP contribution in [-0.2, 0) is 0 Å². The van der Waals surface area contributed by atoms with Gasteiger partial charge in [0.2, 0.25) is 0 Å². The second-order valence-electron chi connectivity index (χ2n) is 5.16. The predicted molar refractivity (Wildman–Crippen MR) is 110 cm³/mol. The van der Waals surface area contributed by atoms with Crippen molar-refractivity contribution >= 4 is 51.5 Å². The first-order chi connectivity index (χ1) is 11.5. The molecule has 0 aliphatic carbocycles. The average molecular weight is 452 g/mol. The van der Waals surface area contributed by atoms with Gasteiger partial charge >= 0.3 is 0 Å². The molecule has 0 aromatic heterocycles. The highest BCUT2D eigenvalue weighted by Crippen LogP contribution is 2.24. The Morgan fingerprint density at radius 3 is 2.71 bits per heavy atom. The number of carbonyl (C=O) groups excluding carboxylic acids is 1. The number of halogens is 1. The van der Waals surface area contributed by atoms with Gasteiger partial charge in [-0.1, -0.05) is 24.8 Å². The van der Waals surface area contributed by atoms with Gasteiger partial charge < -0.3 is 10.1 Å². The molecule has 124 valence electrons. The molecule has 0 fully saturated rings. The Morgan fingerprint density at radius 1 is 1.25 bits per heavy atom. The molecule has 0 saturated heterocycles. The minimum atomic E-state index is -0.258. The summed E-state index contributed by atoms with van der Waals surface area (Å²) in [6.45, 7) is 6.12. The van der Waals surface area contributed by atoms with Crippen LogP contribution in [0.2, 0.25) is 0 Å². The van der Waals surface area contributed by atoms with Crippen LogP contribution in [0.4, 0.5) is 5.69 Å². The summed E-state index contributed by atoms with van der Waals surface area (Å²) in [5, 5.41) is 5.87. The number of carbonyl (C=O) groups is 1. The van der Waals surface area contributed by atoms with Gasteiger partial charge in [0, 0.05) is 9.13 Å². The number of hydrogen-bond donors (Lipinski definition) is 2. The van der Waals surface area contributed by atoms with Crippen LogP contribution < -0.4 is 15.4 Å². The third-order valence-corrected chi connectivity index (χ3v) is 3.80. The number of anilines is 1. The standard InChI is InChI=1S/C18H17IN2O2S/c1-12(2)11-23-16-9-4-3-8-15(16)20-18(24)21-17(22)13-6-5-7-14(19)10-13/h3-10H,1,11H2,2H3,(H2,20,21,22,24). The minimum absolute atomic E-state index is 0.213. The van der Waals surface area contributed by atoms with Gasteiger partial charge in [-0.3, -0.25) is 10.1 Å². The van der Waals surface area contributed by atoms with E-state index in [9.17, 15) is 4.79 Å². The Hall–Kier alpha value is -1.93. The molecule has 1 amide bonds. The van der Waals surface area contributed by atoms with Gasteiger partial charge in [-0.15, -0.1) is 0 Å². The van der Waals surface area contributed by atoms with Gasteiger partial charge in [-0.25, -0.2) is 0 Å². The first-order valence-electron chi connectivity index (χ1n) is 7.20. The number of rotatable bonds is 5. The van der Waals surface area contributed by atoms with E-state index in [0.29, 0.717) is 23.6 Å². The summed E-state index contributed by atoms with van der Waals surface area (Å²) < 4.78 is 6.65. The molecule has 24 heavy (non-hydrogen) atoms. The van der Waals surface area contributed by atoms with Crippen LogP contribution in [0.15, 0.2) is 60.7 Å². The Kier molecular flexibility index (Phi) is 6.74. The van der Waals surface area contributed by atoms with Crippen LogP contribution in [-0.4, -0.2) is 17.6 Å². The normalized spacial score (nSPS) is 9.92. The summed E-state index contributed by atoms with van der Waals surface area (Å²) in [7, 11) is 0. The smallest absolute Gasteiger partial charge is 0.257 e. The molecule has 0 aliphatic rings. The SMILES string of the molecule is C=C(C)COc1ccccc1NC(=S)NC(=O)c1cccc(I)c1. The summed E-state index contributed by atoms with van der Waals surface area (Å²) >= 11 is 7.38. The molecular formula is C18H17IN2O2S. The molecule has 2 aromatic rings. The van der Waals surface area contributed by atoms with E-state index in [4.69, 9.17) is 17.0 Å². The molecule has 2 aromatic carbocycles. The van der Waals surface area contributed by atoms with E-state index in [0.717, 1.165) is 9.14 Å². The van der Waals surface area contributed by atoms with Crippen molar-refractivity contribution in [1.82, 2.24) is 5.32 Å². The van der Waals surface area contributed by atoms with Crippen molar-refractivity contribution in [2.45, 2.75) is 6.92 Å². The fraction of sp³-hybridized carbons (Fsp3) is 0.111. The van der Waals surface area contributed by atoms with E-state index in [1.807, 2.05) is 43.3 Å². The van der Waals surface area contributed by atoms with Crippen molar-refractivity contribution in [3.05, 3.63) is 69.8 Å². The van der Waals surface area contributed by atoms with E-state index in [-0.39, 0.29) is 11.0 Å². The first-order valence-corrected chi connectivity index (χ1v) is 8.68. The zero-order valence-electron chi connectivity index (χ0n) is 13.1. The van der Waals surface area contributed by atoms with Crippen molar-refractivity contribution in [3.63, 3.8) is 0 Å². The van der Waals surface area contributed by atoms with Gasteiger partial charge in [0.25, 0.3) is 5.91 Å². The molecule has 4 nitrogen and oxygen atoms in total. The van der Waals surface area contributed by atoms with Gasteiger partial charge in [-0.2, -0.15) is 0 Å². The summed E-state index contributed by atoms with van der Waals surface area (Å²) in [6.07, 6.45) is 0. The number of nitrogens with one attached hydrogen (secondary N) is 2. The second kappa shape index (κ2) is 8.79. The number of amides is 1. The van der Waals surface area contributed by atoms with Crippen molar-refractivity contribution in [2.24, 2.45) is 0 Å². The number of para-hydroxylation sites is 2. The monoisotopic (exact) mass is 452 g/mol. The molecule has 0 aliphatic heterocycles. The zero-order valence-corrected chi connectivity index (χ0v) is 16.1. The third-order valence-electron chi connectivity index (χ3n) is 2.92. The lowest BCUT2D eigenvalue weighted by Gasteiger charge is -2.14. The second-order valence-corrected chi connectivity index (χ2v) is 6.81. The summed E-state index contributed by atoms with van der Waals surface area (Å²) in [4.78, 5) is 12.2. The molecule has 2 N–H and O–H groups in total. The van der Waals surface area contributed by atoms with Gasteiger partial charge in [0.15, 0.2) is 5.11 Å². The third kappa shape index (κ3) is 5.61. The Bertz CT molecular complexity index is 777. The van der Waals surface area contributed by atoms with Crippen LogP contribution in [0.25, 0.3) is 0 Å². The maximum atomic E-state index is 12.2. The first kappa shape index (κ1) is 18.4. The molecule has 0 unspecified atom stereocenters. The Labute approximate surface area is 160 Å². The van der Waals surface area contributed by atoms with Crippen LogP contribution in [0.1, 0.15) is 17.3 Å². The highest BCUT2D eigenvalue weighted by atomic mass is 127. The number of thiocarbonyl (C=S) groups is 1. The minimum Gasteiger partial charge on any atom is -0.487 e. The lowest BCUT2D eigenvalue weighted by atomic mass is 10.2. The molecule has 0 radical (unpaired) electrons. The molecule has 0 saturated carbocycles. The lowest BCUT2D eigenvalue weighted by molar-refractivity contribution is 0.0977. The van der Waals surface area contributed by atoms with Crippen LogP contribution in [0, 0.1) is 3.57 Å². The van der Waals surface area contributed by atoms with E-state index in [2.05, 4.69) is 39.8 Å². The van der Waals surface area contributed by atoms with Crippen LogP contribution in [0.3, 0.4) is 0 Å². The number of hydrogen-bond acceptors (Lipinski definition) is 3. The molecule has 0 spiro atoms. The van der Waals surface area contributed by atoms with Gasteiger partial charge in [-0.05, 0) is 77.6 Å². The van der Waals surface area contributed by atoms with Crippen molar-refractivity contribution in [2.75, 3.05) is 11.9 Å². The quantitative estimate of drug-likeness (QED) is 0.402. The maximum absolute atomic E-state index is 12.2. The Morgan fingerprint density at radius 2 is 2.00 bits per heavy atom. The van der Waals surface area contributed by atoms with Crippen molar-refractivity contribution in [1.29, 1.82) is 0 Å². The summed E-state index contributed by atoms with van der Waals surface area (Å²) in [5.74, 6) is 0.387. The van der Waals surface area contributed by atoms with E-state index < -0.39 is 0 Å².